The molecule has 0 fully saturated rings. The Bertz CT molecular complexity index is 652. The van der Waals surface area contributed by atoms with Gasteiger partial charge in [0.05, 0.1) is 5.69 Å². The van der Waals surface area contributed by atoms with Crippen molar-refractivity contribution < 1.29 is 9.53 Å². The van der Waals surface area contributed by atoms with Crippen molar-refractivity contribution in [1.82, 2.24) is 0 Å². The number of nitrogens with two attached hydrogens (primary N) is 1. The molecule has 2 aromatic carbocycles. The first kappa shape index (κ1) is 13.5. The molecule has 1 atom stereocenters. The Morgan fingerprint density at radius 2 is 1.86 bits per heavy atom. The lowest BCUT2D eigenvalue weighted by Gasteiger charge is -2.33. The van der Waals surface area contributed by atoms with Gasteiger partial charge in [0.2, 0.25) is 0 Å². The molecule has 0 saturated heterocycles. The minimum absolute atomic E-state index is 0.00743. The number of likely N-dealkylation sites (N-methyl/N-ethyl adjacent to an activating group) is 1. The van der Waals surface area contributed by atoms with E-state index in [-0.39, 0.29) is 5.91 Å². The van der Waals surface area contributed by atoms with Crippen LogP contribution in [0.25, 0.3) is 0 Å². The molecule has 108 valence electrons. The van der Waals surface area contributed by atoms with E-state index in [1.54, 1.807) is 4.90 Å². The molecule has 1 heterocycles. The second kappa shape index (κ2) is 5.48. The number of hydrogen-bond donors (Lipinski definition) is 1. The van der Waals surface area contributed by atoms with E-state index < -0.39 is 6.10 Å². The fraction of sp³-hybridized carbons (Fsp3) is 0.235. The van der Waals surface area contributed by atoms with Gasteiger partial charge in [-0.2, -0.15) is 0 Å². The van der Waals surface area contributed by atoms with Crippen molar-refractivity contribution in [1.29, 1.82) is 0 Å². The van der Waals surface area contributed by atoms with Gasteiger partial charge in [-0.05, 0) is 36.8 Å². The summed E-state index contributed by atoms with van der Waals surface area (Å²) in [6.07, 6.45) is 0.0627. The predicted molar refractivity (Wildman–Crippen MR) is 83.4 cm³/mol. The summed E-state index contributed by atoms with van der Waals surface area (Å²) in [5.74, 6) is 0.771. The summed E-state index contributed by atoms with van der Waals surface area (Å²) in [7, 11) is 0. The lowest BCUT2D eigenvalue weighted by atomic mass is 10.0. The molecule has 0 aromatic heterocycles. The van der Waals surface area contributed by atoms with Crippen molar-refractivity contribution in [3.05, 3.63) is 54.1 Å². The summed E-state index contributed by atoms with van der Waals surface area (Å²) < 4.78 is 5.89. The van der Waals surface area contributed by atoms with Gasteiger partial charge in [0.25, 0.3) is 5.91 Å². The van der Waals surface area contributed by atoms with Crippen molar-refractivity contribution in [3.63, 3.8) is 0 Å². The third kappa shape index (κ3) is 2.57. The third-order valence-corrected chi connectivity index (χ3v) is 3.68. The number of benzene rings is 2. The Morgan fingerprint density at radius 1 is 1.14 bits per heavy atom. The van der Waals surface area contributed by atoms with E-state index in [1.165, 1.54) is 0 Å². The number of hydrogen-bond acceptors (Lipinski definition) is 3. The number of fused-ring (bicyclic) bond motifs is 1. The van der Waals surface area contributed by atoms with Gasteiger partial charge >= 0.3 is 0 Å². The molecule has 3 rings (SSSR count). The van der Waals surface area contributed by atoms with Crippen molar-refractivity contribution in [2.24, 2.45) is 0 Å². The van der Waals surface area contributed by atoms with Gasteiger partial charge in [0, 0.05) is 18.7 Å². The quantitative estimate of drug-likeness (QED) is 0.880. The van der Waals surface area contributed by atoms with Gasteiger partial charge in [0.15, 0.2) is 6.10 Å². The molecule has 1 aliphatic rings. The van der Waals surface area contributed by atoms with E-state index in [0.717, 1.165) is 22.7 Å². The summed E-state index contributed by atoms with van der Waals surface area (Å²) in [6, 6.07) is 15.2. The Balaban J connectivity index is 1.87. The lowest BCUT2D eigenvalue weighted by Crippen LogP contribution is -2.46. The number of amides is 1. The zero-order valence-corrected chi connectivity index (χ0v) is 12.0. The molecule has 0 saturated carbocycles. The first-order valence-electron chi connectivity index (χ1n) is 7.10. The number of nitrogens with zero attached hydrogens (tertiary/aromatic N) is 1. The van der Waals surface area contributed by atoms with Gasteiger partial charge in [-0.3, -0.25) is 4.79 Å². The van der Waals surface area contributed by atoms with Crippen LogP contribution in [0.3, 0.4) is 0 Å². The van der Waals surface area contributed by atoms with E-state index in [2.05, 4.69) is 0 Å². The molecule has 4 heteroatoms. The molecule has 0 aliphatic carbocycles. The average Bonchev–Trinajstić information content (AvgIpc) is 2.50. The SMILES string of the molecule is CCN1C(=O)C(Cc2ccc(N)cc2)Oc2ccccc21. The summed E-state index contributed by atoms with van der Waals surface area (Å²) in [4.78, 5) is 14.3. The number of para-hydroxylation sites is 2. The average molecular weight is 282 g/mol. The van der Waals surface area contributed by atoms with Gasteiger partial charge in [-0.1, -0.05) is 24.3 Å². The maximum atomic E-state index is 12.6. The molecule has 0 radical (unpaired) electrons. The summed E-state index contributed by atoms with van der Waals surface area (Å²) in [6.45, 7) is 2.61. The topological polar surface area (TPSA) is 55.6 Å². The second-order valence-electron chi connectivity index (χ2n) is 5.10. The first-order chi connectivity index (χ1) is 10.2. The molecule has 1 unspecified atom stereocenters. The van der Waals surface area contributed by atoms with Crippen LogP contribution in [0.1, 0.15) is 12.5 Å². The van der Waals surface area contributed by atoms with E-state index >= 15 is 0 Å². The number of anilines is 2. The van der Waals surface area contributed by atoms with Crippen LogP contribution in [0.15, 0.2) is 48.5 Å². The van der Waals surface area contributed by atoms with Crippen molar-refractivity contribution >= 4 is 17.3 Å². The molecule has 4 nitrogen and oxygen atoms in total. The van der Waals surface area contributed by atoms with Gasteiger partial charge < -0.3 is 15.4 Å². The normalized spacial score (nSPS) is 17.3. The van der Waals surface area contributed by atoms with Crippen LogP contribution in [0.2, 0.25) is 0 Å². The zero-order chi connectivity index (χ0) is 14.8. The van der Waals surface area contributed by atoms with Gasteiger partial charge in [0.1, 0.15) is 5.75 Å². The largest absolute Gasteiger partial charge is 0.478 e. The highest BCUT2D eigenvalue weighted by Crippen LogP contribution is 2.34. The maximum absolute atomic E-state index is 12.6. The molecule has 1 amide bonds. The maximum Gasteiger partial charge on any atom is 0.268 e. The van der Waals surface area contributed by atoms with Crippen LogP contribution in [0.5, 0.6) is 5.75 Å². The highest BCUT2D eigenvalue weighted by atomic mass is 16.5. The van der Waals surface area contributed by atoms with Crippen LogP contribution >= 0.6 is 0 Å². The lowest BCUT2D eigenvalue weighted by molar-refractivity contribution is -0.126. The third-order valence-electron chi connectivity index (χ3n) is 3.68. The standard InChI is InChI=1S/C17H18N2O2/c1-2-19-14-5-3-4-6-15(14)21-16(17(19)20)11-12-7-9-13(18)10-8-12/h3-10,16H,2,11,18H2,1H3. The molecular formula is C17H18N2O2. The van der Waals surface area contributed by atoms with Gasteiger partial charge in [-0.25, -0.2) is 0 Å². The highest BCUT2D eigenvalue weighted by Gasteiger charge is 2.33. The monoisotopic (exact) mass is 282 g/mol. The van der Waals surface area contributed by atoms with Crippen LogP contribution in [-0.2, 0) is 11.2 Å². The van der Waals surface area contributed by atoms with Crippen LogP contribution in [-0.4, -0.2) is 18.6 Å². The first-order valence-corrected chi connectivity index (χ1v) is 7.10. The number of rotatable bonds is 3. The predicted octanol–water partition coefficient (Wildman–Crippen LogP) is 2.63. The Labute approximate surface area is 124 Å². The molecule has 1 aliphatic heterocycles. The number of nitrogen functional groups attached to an aromatic ring is 1. The minimum Gasteiger partial charge on any atom is -0.478 e. The van der Waals surface area contributed by atoms with Gasteiger partial charge in [-0.15, -0.1) is 0 Å². The van der Waals surface area contributed by atoms with E-state index in [0.29, 0.717) is 13.0 Å². The fourth-order valence-corrected chi connectivity index (χ4v) is 2.60. The molecule has 0 spiro atoms. The van der Waals surface area contributed by atoms with Crippen LogP contribution in [0.4, 0.5) is 11.4 Å². The number of ether oxygens (including phenoxy) is 1. The Hall–Kier alpha value is -2.49. The summed E-state index contributed by atoms with van der Waals surface area (Å²) in [5, 5.41) is 0. The minimum atomic E-state index is -0.483. The summed E-state index contributed by atoms with van der Waals surface area (Å²) >= 11 is 0. The van der Waals surface area contributed by atoms with E-state index in [1.807, 2.05) is 55.5 Å². The number of carbonyl (C=O) groups excluding carboxylic acids is 1. The highest BCUT2D eigenvalue weighted by molar-refractivity contribution is 6.00. The van der Waals surface area contributed by atoms with Crippen molar-refractivity contribution in [2.75, 3.05) is 17.2 Å². The molecule has 21 heavy (non-hydrogen) atoms. The fourth-order valence-electron chi connectivity index (χ4n) is 2.60. The summed E-state index contributed by atoms with van der Waals surface area (Å²) in [5.41, 5.74) is 8.29. The Kier molecular flexibility index (Phi) is 3.52. The van der Waals surface area contributed by atoms with Crippen molar-refractivity contribution in [2.45, 2.75) is 19.4 Å². The molecule has 0 bridgehead atoms. The number of carbonyl (C=O) groups is 1. The Morgan fingerprint density at radius 3 is 2.57 bits per heavy atom. The van der Waals surface area contributed by atoms with Crippen LogP contribution in [0, 0.1) is 0 Å². The molecular weight excluding hydrogens is 264 g/mol. The smallest absolute Gasteiger partial charge is 0.268 e. The van der Waals surface area contributed by atoms with Crippen LogP contribution < -0.4 is 15.4 Å². The van der Waals surface area contributed by atoms with E-state index in [9.17, 15) is 4.79 Å². The zero-order valence-electron chi connectivity index (χ0n) is 12.0. The molecule has 2 aromatic rings. The second-order valence-corrected chi connectivity index (χ2v) is 5.10. The van der Waals surface area contributed by atoms with E-state index in [4.69, 9.17) is 10.5 Å². The molecule has 2 N–H and O–H groups in total. The van der Waals surface area contributed by atoms with Crippen molar-refractivity contribution in [3.8, 4) is 5.75 Å².